The molecule has 0 bridgehead atoms. The Morgan fingerprint density at radius 1 is 1.15 bits per heavy atom. The minimum atomic E-state index is -0.465. The first-order valence-electron chi connectivity index (χ1n) is 9.11. The van der Waals surface area contributed by atoms with Crippen molar-refractivity contribution in [1.82, 2.24) is 0 Å². The Kier molecular flexibility index (Phi) is 10.3. The van der Waals surface area contributed by atoms with E-state index < -0.39 is 6.10 Å². The second kappa shape index (κ2) is 11.7. The van der Waals surface area contributed by atoms with Crippen LogP contribution in [-0.4, -0.2) is 74.6 Å². The highest BCUT2D eigenvalue weighted by molar-refractivity contribution is 5.83. The smallest absolute Gasteiger partial charge is 0.330 e. The zero-order valence-corrected chi connectivity index (χ0v) is 16.5. The van der Waals surface area contributed by atoms with Gasteiger partial charge in [0.05, 0.1) is 31.0 Å². The number of aliphatic hydroxyl groups is 2. The predicted molar refractivity (Wildman–Crippen MR) is 96.8 cm³/mol. The van der Waals surface area contributed by atoms with Crippen molar-refractivity contribution in [2.45, 2.75) is 70.1 Å². The average Bonchev–Trinajstić information content (AvgIpc) is 2.61. The Labute approximate surface area is 156 Å². The highest BCUT2D eigenvalue weighted by Crippen LogP contribution is 2.30. The third kappa shape index (κ3) is 7.32. The average molecular weight is 374 g/mol. The van der Waals surface area contributed by atoms with Crippen LogP contribution in [0.1, 0.15) is 39.5 Å². The molecule has 0 fully saturated rings. The summed E-state index contributed by atoms with van der Waals surface area (Å²) in [7, 11) is 4.76. The Balaban J connectivity index is 2.75. The van der Waals surface area contributed by atoms with E-state index in [0.717, 1.165) is 5.57 Å². The Bertz CT molecular complexity index is 445. The Hall–Kier alpha value is -0.990. The number of carbonyl (C=O) groups excluding carboxylic acids is 1. The first-order chi connectivity index (χ1) is 12.3. The van der Waals surface area contributed by atoms with Crippen LogP contribution < -0.4 is 0 Å². The fraction of sp³-hybridized carbons (Fsp3) is 0.842. The van der Waals surface area contributed by atoms with Gasteiger partial charge in [-0.3, -0.25) is 0 Å². The molecule has 2 unspecified atom stereocenters. The van der Waals surface area contributed by atoms with Gasteiger partial charge in [0, 0.05) is 46.2 Å². The number of methoxy groups -OCH3 is 3. The number of ether oxygens (including phenoxy) is 4. The SMILES string of the molecule is COC(CC1=CC(=O)O[C@@H]([C@H](C)[C@@H](C[C@H](CO)OC)OC)C1)CC(C)O. The van der Waals surface area contributed by atoms with Gasteiger partial charge in [-0.05, 0) is 19.8 Å². The van der Waals surface area contributed by atoms with Crippen molar-refractivity contribution in [2.24, 2.45) is 5.92 Å². The van der Waals surface area contributed by atoms with Gasteiger partial charge in [0.25, 0.3) is 0 Å². The Morgan fingerprint density at radius 2 is 1.81 bits per heavy atom. The van der Waals surface area contributed by atoms with Crippen LogP contribution in [0.15, 0.2) is 11.6 Å². The van der Waals surface area contributed by atoms with Gasteiger partial charge in [-0.25, -0.2) is 4.79 Å². The zero-order valence-electron chi connectivity index (χ0n) is 16.5. The number of rotatable bonds is 12. The number of carbonyl (C=O) groups is 1. The molecule has 26 heavy (non-hydrogen) atoms. The standard InChI is InChI=1S/C19H34O7/c1-12(21)6-15(23-3)7-14-8-18(26-19(22)9-14)13(2)17(25-5)10-16(11-20)24-4/h9,12-13,15-18,20-21H,6-8,10-11H2,1-5H3/t12?,13-,15?,16-,17-,18-/m1/s1. The number of cyclic esters (lactones) is 1. The van der Waals surface area contributed by atoms with E-state index in [4.69, 9.17) is 18.9 Å². The summed E-state index contributed by atoms with van der Waals surface area (Å²) in [5, 5.41) is 18.9. The molecular weight excluding hydrogens is 340 g/mol. The van der Waals surface area contributed by atoms with Gasteiger partial charge in [-0.15, -0.1) is 0 Å². The van der Waals surface area contributed by atoms with Crippen molar-refractivity contribution in [3.05, 3.63) is 11.6 Å². The van der Waals surface area contributed by atoms with E-state index in [1.54, 1.807) is 28.3 Å². The van der Waals surface area contributed by atoms with Crippen molar-refractivity contribution in [3.8, 4) is 0 Å². The molecule has 0 aromatic carbocycles. The molecule has 0 aromatic heterocycles. The lowest BCUT2D eigenvalue weighted by molar-refractivity contribution is -0.151. The molecule has 7 nitrogen and oxygen atoms in total. The number of hydrogen-bond acceptors (Lipinski definition) is 7. The molecule has 0 aliphatic carbocycles. The number of esters is 1. The third-order valence-electron chi connectivity index (χ3n) is 4.99. The second-order valence-corrected chi connectivity index (χ2v) is 7.04. The molecule has 1 rings (SSSR count). The van der Waals surface area contributed by atoms with Crippen LogP contribution in [0.5, 0.6) is 0 Å². The molecule has 0 aromatic rings. The van der Waals surface area contributed by atoms with Crippen LogP contribution in [0.25, 0.3) is 0 Å². The van der Waals surface area contributed by atoms with Gasteiger partial charge in [-0.1, -0.05) is 12.5 Å². The van der Waals surface area contributed by atoms with Gasteiger partial charge in [0.2, 0.25) is 0 Å². The van der Waals surface area contributed by atoms with E-state index >= 15 is 0 Å². The molecular formula is C19H34O7. The quantitative estimate of drug-likeness (QED) is 0.499. The summed E-state index contributed by atoms with van der Waals surface area (Å²) in [5.74, 6) is -0.426. The van der Waals surface area contributed by atoms with E-state index in [-0.39, 0.29) is 42.9 Å². The van der Waals surface area contributed by atoms with Gasteiger partial charge >= 0.3 is 5.97 Å². The molecule has 1 aliphatic heterocycles. The van der Waals surface area contributed by atoms with Gasteiger partial charge in [0.1, 0.15) is 6.10 Å². The third-order valence-corrected chi connectivity index (χ3v) is 4.99. The van der Waals surface area contributed by atoms with Crippen LogP contribution in [-0.2, 0) is 23.7 Å². The van der Waals surface area contributed by atoms with E-state index in [1.807, 2.05) is 6.92 Å². The summed E-state index contributed by atoms with van der Waals surface area (Å²) in [5.41, 5.74) is 0.950. The zero-order chi connectivity index (χ0) is 19.7. The molecule has 0 radical (unpaired) electrons. The molecule has 2 N–H and O–H groups in total. The monoisotopic (exact) mass is 374 g/mol. The fourth-order valence-corrected chi connectivity index (χ4v) is 3.35. The van der Waals surface area contributed by atoms with Crippen LogP contribution >= 0.6 is 0 Å². The summed E-state index contributed by atoms with van der Waals surface area (Å²) < 4.78 is 21.7. The topological polar surface area (TPSA) is 94.5 Å². The molecule has 1 aliphatic rings. The lowest BCUT2D eigenvalue weighted by atomic mass is 9.87. The summed E-state index contributed by atoms with van der Waals surface area (Å²) in [6.07, 6.45) is 2.27. The summed E-state index contributed by atoms with van der Waals surface area (Å²) in [4.78, 5) is 12.0. The molecule has 0 amide bonds. The van der Waals surface area contributed by atoms with Crippen LogP contribution in [0.2, 0.25) is 0 Å². The van der Waals surface area contributed by atoms with Crippen molar-refractivity contribution in [3.63, 3.8) is 0 Å². The molecule has 7 heteroatoms. The maximum absolute atomic E-state index is 12.0. The highest BCUT2D eigenvalue weighted by atomic mass is 16.5. The van der Waals surface area contributed by atoms with Gasteiger partial charge < -0.3 is 29.2 Å². The van der Waals surface area contributed by atoms with Crippen LogP contribution in [0.4, 0.5) is 0 Å². The van der Waals surface area contributed by atoms with E-state index in [1.165, 1.54) is 6.08 Å². The van der Waals surface area contributed by atoms with E-state index in [2.05, 4.69) is 0 Å². The maximum atomic E-state index is 12.0. The van der Waals surface area contributed by atoms with Crippen LogP contribution in [0, 0.1) is 5.92 Å². The van der Waals surface area contributed by atoms with Crippen molar-refractivity contribution in [2.75, 3.05) is 27.9 Å². The second-order valence-electron chi connectivity index (χ2n) is 7.04. The van der Waals surface area contributed by atoms with E-state index in [0.29, 0.717) is 25.7 Å². The lowest BCUT2D eigenvalue weighted by Gasteiger charge is -2.34. The van der Waals surface area contributed by atoms with E-state index in [9.17, 15) is 15.0 Å². The highest BCUT2D eigenvalue weighted by Gasteiger charge is 2.33. The van der Waals surface area contributed by atoms with Gasteiger partial charge in [0.15, 0.2) is 0 Å². The lowest BCUT2D eigenvalue weighted by Crippen LogP contribution is -2.39. The maximum Gasteiger partial charge on any atom is 0.330 e. The largest absolute Gasteiger partial charge is 0.458 e. The van der Waals surface area contributed by atoms with Crippen molar-refractivity contribution < 1.29 is 34.0 Å². The predicted octanol–water partition coefficient (Wildman–Crippen LogP) is 1.45. The molecule has 0 saturated carbocycles. The molecule has 6 atom stereocenters. The first-order valence-corrected chi connectivity index (χ1v) is 9.11. The normalized spacial score (nSPS) is 23.6. The first kappa shape index (κ1) is 23.0. The summed E-state index contributed by atoms with van der Waals surface area (Å²) >= 11 is 0. The fourth-order valence-electron chi connectivity index (χ4n) is 3.35. The number of hydrogen-bond donors (Lipinski definition) is 2. The minimum absolute atomic E-state index is 0.0605. The van der Waals surface area contributed by atoms with Gasteiger partial charge in [-0.2, -0.15) is 0 Å². The molecule has 152 valence electrons. The molecule has 0 spiro atoms. The van der Waals surface area contributed by atoms with Crippen molar-refractivity contribution in [1.29, 1.82) is 0 Å². The number of aliphatic hydroxyl groups excluding tert-OH is 2. The Morgan fingerprint density at radius 3 is 2.31 bits per heavy atom. The van der Waals surface area contributed by atoms with Crippen LogP contribution in [0.3, 0.4) is 0 Å². The molecule has 0 saturated heterocycles. The summed E-state index contributed by atoms with van der Waals surface area (Å²) in [6, 6.07) is 0. The molecule has 1 heterocycles. The minimum Gasteiger partial charge on any atom is -0.458 e. The van der Waals surface area contributed by atoms with Crippen molar-refractivity contribution >= 4 is 5.97 Å². The summed E-state index contributed by atoms with van der Waals surface area (Å²) in [6.45, 7) is 3.60.